The molecule has 2 saturated heterocycles. The summed E-state index contributed by atoms with van der Waals surface area (Å²) in [5.41, 5.74) is -1.58. The Balaban J connectivity index is 2.98. The smallest absolute Gasteiger partial charge is 0.270 e. The van der Waals surface area contributed by atoms with E-state index in [1.165, 1.54) is 89.5 Å². The Labute approximate surface area is 512 Å². The van der Waals surface area contributed by atoms with Crippen LogP contribution in [0.15, 0.2) is 12.2 Å². The molecule has 1 unspecified atom stereocenters. The standard InChI is InChI=1S/C62H109N11O13/c1-25-27-28-38(13)49-48-53(77)65-42(26-2)57(81)67(19)41(16)56(80)72(24)50(62(17,18)32-74)54(78)66-46(36(9)10)60(84)68(20)43(29-33(3)4)52(76)63-39(14)51(75)64-40(15)55(79)69(21)44(30-34(5)6)58(82)70(22)45(31-35(7)8)59(83)71(23)47(37(11)12)61(85)73(48)86-49/h25,27,32-50,58,82H,26,28-31H2,1-24H3,(H,63,76)(H,64,75)(H,65,77)(H,66,78)/b27-25+/t38-,39+,40-,41-,42+,43+,44+,45+,46+,47+,48+,49-,50-,58?/m1/s1. The van der Waals surface area contributed by atoms with E-state index in [2.05, 4.69) is 21.3 Å². The molecule has 24 heteroatoms. The number of aliphatic hydroxyl groups excluding tert-OH is 1. The summed E-state index contributed by atoms with van der Waals surface area (Å²) in [4.78, 5) is 173. The number of nitrogens with one attached hydrogen (secondary N) is 4. The van der Waals surface area contributed by atoms with E-state index < -0.39 is 155 Å². The number of aldehydes is 1. The number of likely N-dealkylation sites (N-methyl/N-ethyl adjacent to an activating group) is 6. The second-order valence-electron chi connectivity index (χ2n) is 26.6. The summed E-state index contributed by atoms with van der Waals surface area (Å²) in [6.07, 6.45) is 3.01. The van der Waals surface area contributed by atoms with Crippen LogP contribution in [0.4, 0.5) is 0 Å². The molecule has 0 aromatic heterocycles. The maximum absolute atomic E-state index is 15.1. The summed E-state index contributed by atoms with van der Waals surface area (Å²) in [5.74, 6) is -8.90. The highest BCUT2D eigenvalue weighted by Gasteiger charge is 2.55. The molecule has 0 aliphatic carbocycles. The summed E-state index contributed by atoms with van der Waals surface area (Å²) in [7, 11) is 8.60. The first-order valence-electron chi connectivity index (χ1n) is 30.7. The highest BCUT2D eigenvalue weighted by Crippen LogP contribution is 2.34. The van der Waals surface area contributed by atoms with Crippen molar-refractivity contribution in [3.05, 3.63) is 12.2 Å². The van der Waals surface area contributed by atoms with Crippen LogP contribution in [0.1, 0.15) is 157 Å². The van der Waals surface area contributed by atoms with Gasteiger partial charge in [-0.2, -0.15) is 0 Å². The third-order valence-corrected chi connectivity index (χ3v) is 16.9. The van der Waals surface area contributed by atoms with Crippen molar-refractivity contribution < 1.29 is 62.7 Å². The van der Waals surface area contributed by atoms with Gasteiger partial charge in [0, 0.05) is 40.7 Å². The molecule has 5 N–H and O–H groups in total. The fraction of sp³-hybridized carbons (Fsp3) is 0.790. The third kappa shape index (κ3) is 18.8. The lowest BCUT2D eigenvalue weighted by Gasteiger charge is -2.50. The summed E-state index contributed by atoms with van der Waals surface area (Å²) < 4.78 is 0. The van der Waals surface area contributed by atoms with Crippen molar-refractivity contribution in [2.45, 2.75) is 236 Å². The van der Waals surface area contributed by atoms with E-state index in [0.29, 0.717) is 12.7 Å². The maximum atomic E-state index is 15.1. The van der Waals surface area contributed by atoms with Crippen molar-refractivity contribution in [1.29, 1.82) is 0 Å². The minimum absolute atomic E-state index is 0.0332. The van der Waals surface area contributed by atoms with E-state index in [-0.39, 0.29) is 49.4 Å². The number of fused-ring (bicyclic) bond motifs is 1. The number of nitrogens with zero attached hydrogens (tertiary/aromatic N) is 7. The van der Waals surface area contributed by atoms with Crippen molar-refractivity contribution >= 4 is 65.4 Å². The molecule has 0 aromatic carbocycles. The van der Waals surface area contributed by atoms with Gasteiger partial charge >= 0.3 is 0 Å². The Hall–Kier alpha value is -6.01. The quantitative estimate of drug-likeness (QED) is 0.124. The van der Waals surface area contributed by atoms with Crippen molar-refractivity contribution in [3.63, 3.8) is 0 Å². The molecule has 0 spiro atoms. The molecule has 0 bridgehead atoms. The molecule has 86 heavy (non-hydrogen) atoms. The van der Waals surface area contributed by atoms with Crippen LogP contribution in [0, 0.1) is 40.9 Å². The summed E-state index contributed by atoms with van der Waals surface area (Å²) in [6.45, 7) is 30.7. The van der Waals surface area contributed by atoms with Crippen molar-refractivity contribution in [1.82, 2.24) is 55.7 Å². The Morgan fingerprint density at radius 2 is 1.10 bits per heavy atom. The van der Waals surface area contributed by atoms with E-state index >= 15 is 9.59 Å². The van der Waals surface area contributed by atoms with Gasteiger partial charge in [-0.3, -0.25) is 57.7 Å². The average molecular weight is 1220 g/mol. The van der Waals surface area contributed by atoms with Crippen molar-refractivity contribution in [2.75, 3.05) is 42.3 Å². The van der Waals surface area contributed by atoms with Gasteiger partial charge in [-0.1, -0.05) is 109 Å². The third-order valence-electron chi connectivity index (χ3n) is 16.9. The topological polar surface area (TPSA) is 288 Å². The number of hydroxylamine groups is 2. The van der Waals surface area contributed by atoms with E-state index in [1.807, 2.05) is 67.5 Å². The molecule has 14 atom stereocenters. The summed E-state index contributed by atoms with van der Waals surface area (Å²) in [6, 6.07) is -13.5. The van der Waals surface area contributed by atoms with Crippen LogP contribution in [-0.4, -0.2) is 226 Å². The monoisotopic (exact) mass is 1220 g/mol. The zero-order chi connectivity index (χ0) is 66.5. The Bertz CT molecular complexity index is 2420. The first-order chi connectivity index (χ1) is 39.7. The number of allylic oxidation sites excluding steroid dienone is 2. The number of amides is 10. The summed E-state index contributed by atoms with van der Waals surface area (Å²) in [5, 5.41) is 24.3. The van der Waals surface area contributed by atoms with Crippen LogP contribution in [0.25, 0.3) is 0 Å². The van der Waals surface area contributed by atoms with Gasteiger partial charge in [-0.25, -0.2) is 5.06 Å². The lowest BCUT2D eigenvalue weighted by Crippen LogP contribution is -2.72. The Morgan fingerprint density at radius 3 is 1.59 bits per heavy atom. The Kier molecular flexibility index (Phi) is 29.0. The number of rotatable bonds is 14. The number of carbonyl (C=O) groups excluding carboxylic acids is 11. The number of carbonyl (C=O) groups is 11. The minimum atomic E-state index is -1.58. The van der Waals surface area contributed by atoms with E-state index in [4.69, 9.17) is 4.84 Å². The zero-order valence-electron chi connectivity index (χ0n) is 56.2. The van der Waals surface area contributed by atoms with Gasteiger partial charge in [-0.05, 0) is 102 Å². The summed E-state index contributed by atoms with van der Waals surface area (Å²) >= 11 is 0. The molecule has 0 saturated carbocycles. The van der Waals surface area contributed by atoms with E-state index in [0.717, 1.165) is 14.9 Å². The molecule has 0 aromatic rings. The number of hydrogen-bond donors (Lipinski definition) is 5. The number of hydrogen-bond acceptors (Lipinski definition) is 14. The minimum Gasteiger partial charge on any atom is -0.376 e. The first kappa shape index (κ1) is 76.1. The molecule has 2 fully saturated rings. The molecule has 0 radical (unpaired) electrons. The molecular weight excluding hydrogens is 1110 g/mol. The molecule has 2 heterocycles. The van der Waals surface area contributed by atoms with Crippen molar-refractivity contribution in [3.8, 4) is 0 Å². The van der Waals surface area contributed by atoms with Crippen LogP contribution in [-0.2, 0) is 57.6 Å². The lowest BCUT2D eigenvalue weighted by molar-refractivity contribution is -0.321. The Morgan fingerprint density at radius 1 is 0.570 bits per heavy atom. The van der Waals surface area contributed by atoms with E-state index in [9.17, 15) is 48.3 Å². The van der Waals surface area contributed by atoms with Crippen LogP contribution >= 0.6 is 0 Å². The van der Waals surface area contributed by atoms with Crippen LogP contribution < -0.4 is 21.3 Å². The largest absolute Gasteiger partial charge is 0.376 e. The fourth-order valence-electron chi connectivity index (χ4n) is 11.3. The molecule has 2 aliphatic rings. The fourth-order valence-corrected chi connectivity index (χ4v) is 11.3. The van der Waals surface area contributed by atoms with Crippen LogP contribution in [0.5, 0.6) is 0 Å². The van der Waals surface area contributed by atoms with Gasteiger partial charge in [0.05, 0.1) is 12.1 Å². The maximum Gasteiger partial charge on any atom is 0.270 e. The van der Waals surface area contributed by atoms with Crippen LogP contribution in [0.3, 0.4) is 0 Å². The van der Waals surface area contributed by atoms with Crippen molar-refractivity contribution in [2.24, 2.45) is 40.9 Å². The second-order valence-corrected chi connectivity index (χ2v) is 26.6. The average Bonchev–Trinajstić information content (AvgIpc) is 1.17. The molecule has 10 amide bonds. The van der Waals surface area contributed by atoms with Crippen LogP contribution in [0.2, 0.25) is 0 Å². The SMILES string of the molecule is C/C=C/C[C@@H](C)[C@H]1ON2C(=O)[C@H](C(C)C)N(C)C(=O)[C@H](CC(C)C)N(C)C(O)[C@H](CC(C)C)N(C)C(=O)[C@@H](C)NC(=O)[C@H](C)NC(=O)[C@H](CC(C)C)N(C)C(=O)[C@H](C(C)C)NC(=O)[C@H](C(C)(C)C=O)N(C)C(=O)[C@@H](C)N(C)C(=O)[C@H](CC)NC(=O)[C@H]12. The first-order valence-corrected chi connectivity index (χ1v) is 30.7. The van der Waals surface area contributed by atoms with Gasteiger partial charge < -0.3 is 55.7 Å². The molecule has 2 aliphatic heterocycles. The zero-order valence-corrected chi connectivity index (χ0v) is 56.2. The predicted octanol–water partition coefficient (Wildman–Crippen LogP) is 2.95. The van der Waals surface area contributed by atoms with Gasteiger partial charge in [-0.15, -0.1) is 0 Å². The lowest BCUT2D eigenvalue weighted by atomic mass is 9.83. The van der Waals surface area contributed by atoms with Gasteiger partial charge in [0.2, 0.25) is 53.2 Å². The second kappa shape index (κ2) is 32.8. The molecule has 24 nitrogen and oxygen atoms in total. The molecule has 490 valence electrons. The molecular formula is C62H109N11O13. The normalized spacial score (nSPS) is 29.7. The van der Waals surface area contributed by atoms with Gasteiger partial charge in [0.25, 0.3) is 5.91 Å². The van der Waals surface area contributed by atoms with E-state index in [1.54, 1.807) is 41.7 Å². The molecule has 2 rings (SSSR count). The highest BCUT2D eigenvalue weighted by molar-refractivity contribution is 5.99. The van der Waals surface area contributed by atoms with Gasteiger partial charge in [0.1, 0.15) is 67.0 Å². The predicted molar refractivity (Wildman–Crippen MR) is 327 cm³/mol. The number of aliphatic hydroxyl groups is 1. The highest BCUT2D eigenvalue weighted by atomic mass is 16.7. The van der Waals surface area contributed by atoms with Gasteiger partial charge in [0.15, 0.2) is 6.04 Å².